The maximum atomic E-state index is 12.8. The summed E-state index contributed by atoms with van der Waals surface area (Å²) in [5.74, 6) is 0.183. The number of aliphatic hydroxyl groups excluding tert-OH is 1. The molecule has 1 amide bonds. The average molecular weight is 364 g/mol. The SMILES string of the molecule is CCS(=O)(=O)N1CC2(C1)[C@@H](c1ccccc1)[C@@H](CO)N2C(=O)C1CC1. The van der Waals surface area contributed by atoms with E-state index in [2.05, 4.69) is 0 Å². The lowest BCUT2D eigenvalue weighted by Gasteiger charge is -2.70. The first-order valence-electron chi connectivity index (χ1n) is 8.91. The summed E-state index contributed by atoms with van der Waals surface area (Å²) in [6.45, 7) is 2.20. The third-order valence-corrected chi connectivity index (χ3v) is 7.72. The molecule has 1 N–H and O–H groups in total. The van der Waals surface area contributed by atoms with Crippen LogP contribution in [0.2, 0.25) is 0 Å². The lowest BCUT2D eigenvalue weighted by Crippen LogP contribution is -2.86. The molecule has 3 fully saturated rings. The molecule has 0 bridgehead atoms. The largest absolute Gasteiger partial charge is 0.394 e. The molecule has 7 heteroatoms. The molecule has 1 aromatic carbocycles. The number of carbonyl (C=O) groups is 1. The first kappa shape index (κ1) is 17.0. The van der Waals surface area contributed by atoms with Gasteiger partial charge in [0.15, 0.2) is 0 Å². The van der Waals surface area contributed by atoms with Crippen LogP contribution in [-0.2, 0) is 14.8 Å². The second kappa shape index (κ2) is 5.79. The number of likely N-dealkylation sites (tertiary alicyclic amines) is 1. The number of hydrogen-bond acceptors (Lipinski definition) is 4. The van der Waals surface area contributed by atoms with Crippen LogP contribution in [0.3, 0.4) is 0 Å². The van der Waals surface area contributed by atoms with Crippen molar-refractivity contribution < 1.29 is 18.3 Å². The summed E-state index contributed by atoms with van der Waals surface area (Å²) in [6.07, 6.45) is 1.80. The Morgan fingerprint density at radius 1 is 1.24 bits per heavy atom. The fourth-order valence-electron chi connectivity index (χ4n) is 4.49. The van der Waals surface area contributed by atoms with Crippen LogP contribution in [0, 0.1) is 5.92 Å². The molecule has 0 radical (unpaired) electrons. The van der Waals surface area contributed by atoms with Gasteiger partial charge >= 0.3 is 0 Å². The first-order valence-corrected chi connectivity index (χ1v) is 10.5. The van der Waals surface area contributed by atoms with E-state index in [0.29, 0.717) is 13.1 Å². The summed E-state index contributed by atoms with van der Waals surface area (Å²) in [6, 6.07) is 9.58. The smallest absolute Gasteiger partial charge is 0.226 e. The zero-order valence-electron chi connectivity index (χ0n) is 14.3. The molecule has 3 aliphatic rings. The monoisotopic (exact) mass is 364 g/mol. The van der Waals surface area contributed by atoms with E-state index in [1.807, 2.05) is 35.2 Å². The van der Waals surface area contributed by atoms with Gasteiger partial charge in [0.1, 0.15) is 0 Å². The van der Waals surface area contributed by atoms with Crippen LogP contribution < -0.4 is 0 Å². The van der Waals surface area contributed by atoms with Crippen molar-refractivity contribution in [1.82, 2.24) is 9.21 Å². The van der Waals surface area contributed by atoms with Crippen LogP contribution in [0.5, 0.6) is 0 Å². The molecule has 1 saturated carbocycles. The Morgan fingerprint density at radius 3 is 2.40 bits per heavy atom. The van der Waals surface area contributed by atoms with Gasteiger partial charge < -0.3 is 10.0 Å². The van der Waals surface area contributed by atoms with Gasteiger partial charge in [-0.15, -0.1) is 0 Å². The quantitative estimate of drug-likeness (QED) is 0.838. The number of amides is 1. The molecule has 0 aromatic heterocycles. The highest BCUT2D eigenvalue weighted by Gasteiger charge is 2.69. The summed E-state index contributed by atoms with van der Waals surface area (Å²) in [4.78, 5) is 14.6. The number of sulfonamides is 1. The van der Waals surface area contributed by atoms with E-state index < -0.39 is 15.6 Å². The number of carbonyl (C=O) groups excluding carboxylic acids is 1. The van der Waals surface area contributed by atoms with E-state index >= 15 is 0 Å². The summed E-state index contributed by atoms with van der Waals surface area (Å²) >= 11 is 0. The van der Waals surface area contributed by atoms with Crippen LogP contribution in [0.1, 0.15) is 31.2 Å². The van der Waals surface area contributed by atoms with Gasteiger partial charge in [-0.3, -0.25) is 4.79 Å². The molecule has 2 aliphatic heterocycles. The Kier molecular flexibility index (Phi) is 3.94. The Morgan fingerprint density at radius 2 is 1.88 bits per heavy atom. The van der Waals surface area contributed by atoms with E-state index in [0.717, 1.165) is 18.4 Å². The fourth-order valence-corrected chi connectivity index (χ4v) is 5.69. The minimum Gasteiger partial charge on any atom is -0.394 e. The average Bonchev–Trinajstić information content (AvgIpc) is 3.38. The van der Waals surface area contributed by atoms with E-state index in [9.17, 15) is 18.3 Å². The zero-order chi connectivity index (χ0) is 17.8. The zero-order valence-corrected chi connectivity index (χ0v) is 15.2. The van der Waals surface area contributed by atoms with Crippen molar-refractivity contribution >= 4 is 15.9 Å². The van der Waals surface area contributed by atoms with Gasteiger partial charge in [-0.05, 0) is 25.3 Å². The van der Waals surface area contributed by atoms with Crippen molar-refractivity contribution in [3.63, 3.8) is 0 Å². The van der Waals surface area contributed by atoms with E-state index in [1.165, 1.54) is 4.31 Å². The third kappa shape index (κ3) is 2.44. The molecule has 6 nitrogen and oxygen atoms in total. The van der Waals surface area contributed by atoms with Gasteiger partial charge in [-0.2, -0.15) is 4.31 Å². The lowest BCUT2D eigenvalue weighted by atomic mass is 9.61. The predicted molar refractivity (Wildman–Crippen MR) is 93.4 cm³/mol. The van der Waals surface area contributed by atoms with Crippen molar-refractivity contribution in [1.29, 1.82) is 0 Å². The summed E-state index contributed by atoms with van der Waals surface area (Å²) in [7, 11) is -3.26. The number of aliphatic hydroxyl groups is 1. The standard InChI is InChI=1S/C18H24N2O4S/c1-2-25(23,24)19-11-18(12-19)16(13-6-4-3-5-7-13)15(10-21)20(18)17(22)14-8-9-14/h3-7,14-16,21H,2,8-12H2,1H3/t15-,16+/m1/s1. The van der Waals surface area contributed by atoms with E-state index in [4.69, 9.17) is 0 Å². The minimum atomic E-state index is -3.26. The third-order valence-electron chi connectivity index (χ3n) is 5.94. The molecule has 1 spiro atoms. The van der Waals surface area contributed by atoms with Crippen molar-refractivity contribution in [2.45, 2.75) is 37.3 Å². The molecular weight excluding hydrogens is 340 g/mol. The van der Waals surface area contributed by atoms with Gasteiger partial charge in [0.05, 0.1) is 23.9 Å². The van der Waals surface area contributed by atoms with Gasteiger partial charge in [-0.25, -0.2) is 8.42 Å². The van der Waals surface area contributed by atoms with Gasteiger partial charge in [-0.1, -0.05) is 30.3 Å². The fraction of sp³-hybridized carbons (Fsp3) is 0.611. The minimum absolute atomic E-state index is 0.0234. The second-order valence-corrected chi connectivity index (χ2v) is 9.65. The molecular formula is C18H24N2O4S. The van der Waals surface area contributed by atoms with Gasteiger partial charge in [0.25, 0.3) is 0 Å². The van der Waals surface area contributed by atoms with Crippen LogP contribution in [0.25, 0.3) is 0 Å². The molecule has 2 atom stereocenters. The van der Waals surface area contributed by atoms with Crippen LogP contribution in [0.4, 0.5) is 0 Å². The Balaban J connectivity index is 1.67. The molecule has 4 rings (SSSR count). The van der Waals surface area contributed by atoms with E-state index in [1.54, 1.807) is 6.92 Å². The normalized spacial score (nSPS) is 28.5. The highest BCUT2D eigenvalue weighted by Crippen LogP contribution is 2.56. The molecule has 136 valence electrons. The highest BCUT2D eigenvalue weighted by molar-refractivity contribution is 7.89. The molecule has 25 heavy (non-hydrogen) atoms. The summed E-state index contributed by atoms with van der Waals surface area (Å²) in [5, 5.41) is 9.94. The topological polar surface area (TPSA) is 77.9 Å². The van der Waals surface area contributed by atoms with Gasteiger partial charge in [0.2, 0.25) is 15.9 Å². The lowest BCUT2D eigenvalue weighted by molar-refractivity contribution is -0.190. The molecule has 2 heterocycles. The summed E-state index contributed by atoms with van der Waals surface area (Å²) < 4.78 is 25.9. The van der Waals surface area contributed by atoms with E-state index in [-0.39, 0.29) is 36.1 Å². The van der Waals surface area contributed by atoms with Crippen molar-refractivity contribution in [3.8, 4) is 0 Å². The first-order chi connectivity index (χ1) is 11.9. The maximum absolute atomic E-state index is 12.8. The molecule has 0 unspecified atom stereocenters. The summed E-state index contributed by atoms with van der Waals surface area (Å²) in [5.41, 5.74) is 0.561. The van der Waals surface area contributed by atoms with Crippen molar-refractivity contribution in [3.05, 3.63) is 35.9 Å². The molecule has 1 aliphatic carbocycles. The van der Waals surface area contributed by atoms with Crippen molar-refractivity contribution in [2.75, 3.05) is 25.4 Å². The van der Waals surface area contributed by atoms with Crippen molar-refractivity contribution in [2.24, 2.45) is 5.92 Å². The van der Waals surface area contributed by atoms with Gasteiger partial charge in [0, 0.05) is 24.9 Å². The number of hydrogen-bond donors (Lipinski definition) is 1. The van der Waals surface area contributed by atoms with Crippen LogP contribution in [-0.4, -0.2) is 65.7 Å². The Labute approximate surface area is 148 Å². The number of benzene rings is 1. The number of rotatable bonds is 5. The maximum Gasteiger partial charge on any atom is 0.226 e. The number of nitrogens with zero attached hydrogens (tertiary/aromatic N) is 2. The highest BCUT2D eigenvalue weighted by atomic mass is 32.2. The van der Waals surface area contributed by atoms with Crippen LogP contribution in [0.15, 0.2) is 30.3 Å². The predicted octanol–water partition coefficient (Wildman–Crippen LogP) is 0.787. The second-order valence-electron chi connectivity index (χ2n) is 7.39. The Bertz CT molecular complexity index is 770. The van der Waals surface area contributed by atoms with Crippen LogP contribution >= 0.6 is 0 Å². The Hall–Kier alpha value is -1.44. The molecule has 2 saturated heterocycles. The molecule has 1 aromatic rings.